The molecule has 0 atom stereocenters. The smallest absolute Gasteiger partial charge is 0.252 e. The minimum absolute atomic E-state index is 0.216. The first-order valence-electron chi connectivity index (χ1n) is 6.52. The Morgan fingerprint density at radius 3 is 2.90 bits per heavy atom. The van der Waals surface area contributed by atoms with Gasteiger partial charge in [0, 0.05) is 26.0 Å². The predicted molar refractivity (Wildman–Crippen MR) is 79.7 cm³/mol. The number of ether oxygens (including phenoxy) is 1. The van der Waals surface area contributed by atoms with Crippen molar-refractivity contribution in [1.29, 1.82) is 0 Å². The van der Waals surface area contributed by atoms with Gasteiger partial charge in [0.05, 0.1) is 10.6 Å². The minimum atomic E-state index is -0.216. The molecule has 1 aromatic rings. The van der Waals surface area contributed by atoms with E-state index in [1.54, 1.807) is 0 Å². The summed E-state index contributed by atoms with van der Waals surface area (Å²) in [4.78, 5) is 15.8. The van der Waals surface area contributed by atoms with E-state index in [1.165, 1.54) is 12.3 Å². The van der Waals surface area contributed by atoms with Crippen molar-refractivity contribution < 1.29 is 9.53 Å². The fourth-order valence-corrected chi connectivity index (χ4v) is 1.69. The molecular formula is C13H21ClN4O2. The maximum atomic E-state index is 11.8. The normalized spacial score (nSPS) is 10.7. The van der Waals surface area contributed by atoms with Gasteiger partial charge in [0.15, 0.2) is 5.82 Å². The predicted octanol–water partition coefficient (Wildman–Crippen LogP) is 1.81. The van der Waals surface area contributed by atoms with Gasteiger partial charge in [-0.25, -0.2) is 10.8 Å². The van der Waals surface area contributed by atoms with Crippen molar-refractivity contribution in [2.24, 2.45) is 11.8 Å². The van der Waals surface area contributed by atoms with Crippen LogP contribution in [0.15, 0.2) is 12.3 Å². The van der Waals surface area contributed by atoms with E-state index < -0.39 is 0 Å². The van der Waals surface area contributed by atoms with Gasteiger partial charge in [0.25, 0.3) is 5.91 Å². The maximum Gasteiger partial charge on any atom is 0.252 e. The van der Waals surface area contributed by atoms with E-state index in [9.17, 15) is 4.79 Å². The van der Waals surface area contributed by atoms with Gasteiger partial charge in [-0.1, -0.05) is 25.4 Å². The second-order valence-corrected chi connectivity index (χ2v) is 5.18. The summed E-state index contributed by atoms with van der Waals surface area (Å²) in [6.07, 6.45) is 2.19. The summed E-state index contributed by atoms with van der Waals surface area (Å²) >= 11 is 5.90. The molecule has 7 heteroatoms. The zero-order valence-electron chi connectivity index (χ0n) is 11.8. The molecule has 0 unspecified atom stereocenters. The molecule has 1 amide bonds. The molecule has 1 rings (SSSR count). The third kappa shape index (κ3) is 5.73. The second-order valence-electron chi connectivity index (χ2n) is 4.78. The molecule has 0 aliphatic heterocycles. The molecular weight excluding hydrogens is 280 g/mol. The van der Waals surface area contributed by atoms with Gasteiger partial charge >= 0.3 is 0 Å². The third-order valence-corrected chi connectivity index (χ3v) is 2.73. The highest BCUT2D eigenvalue weighted by Gasteiger charge is 2.08. The number of hydrazine groups is 1. The Labute approximate surface area is 124 Å². The molecule has 4 N–H and O–H groups in total. The van der Waals surface area contributed by atoms with Crippen LogP contribution in [-0.4, -0.2) is 30.6 Å². The monoisotopic (exact) mass is 300 g/mol. The molecule has 0 saturated heterocycles. The second kappa shape index (κ2) is 8.73. The number of halogens is 1. The average Bonchev–Trinajstić information content (AvgIpc) is 2.42. The highest BCUT2D eigenvalue weighted by molar-refractivity contribution is 6.33. The lowest BCUT2D eigenvalue weighted by molar-refractivity contribution is 0.0924. The van der Waals surface area contributed by atoms with Crippen LogP contribution >= 0.6 is 11.6 Å². The Morgan fingerprint density at radius 1 is 1.55 bits per heavy atom. The average molecular weight is 301 g/mol. The highest BCUT2D eigenvalue weighted by Crippen LogP contribution is 2.18. The Hall–Kier alpha value is -1.37. The summed E-state index contributed by atoms with van der Waals surface area (Å²) < 4.78 is 5.43. The number of nitrogens with one attached hydrogen (secondary N) is 2. The van der Waals surface area contributed by atoms with Crippen LogP contribution in [0.3, 0.4) is 0 Å². The Kier molecular flexibility index (Phi) is 7.28. The summed E-state index contributed by atoms with van der Waals surface area (Å²) in [5.41, 5.74) is 2.75. The lowest BCUT2D eigenvalue weighted by atomic mass is 10.2. The number of aromatic nitrogens is 1. The number of hydrogen-bond donors (Lipinski definition) is 3. The van der Waals surface area contributed by atoms with Crippen molar-refractivity contribution in [3.8, 4) is 0 Å². The van der Waals surface area contributed by atoms with Crippen LogP contribution in [0.5, 0.6) is 0 Å². The molecule has 1 aromatic heterocycles. The van der Waals surface area contributed by atoms with Gasteiger partial charge in [-0.05, 0) is 18.4 Å². The van der Waals surface area contributed by atoms with E-state index in [-0.39, 0.29) is 5.91 Å². The van der Waals surface area contributed by atoms with Crippen molar-refractivity contribution in [3.63, 3.8) is 0 Å². The lowest BCUT2D eigenvalue weighted by Gasteiger charge is -2.08. The number of carbonyl (C=O) groups is 1. The van der Waals surface area contributed by atoms with Crippen molar-refractivity contribution in [2.75, 3.05) is 25.2 Å². The van der Waals surface area contributed by atoms with Crippen LogP contribution in [-0.2, 0) is 4.74 Å². The quantitative estimate of drug-likeness (QED) is 0.387. The van der Waals surface area contributed by atoms with Gasteiger partial charge in [-0.15, -0.1) is 0 Å². The molecule has 0 aliphatic carbocycles. The molecule has 6 nitrogen and oxygen atoms in total. The number of carbonyl (C=O) groups excluding carboxylic acids is 1. The van der Waals surface area contributed by atoms with Gasteiger partial charge < -0.3 is 15.5 Å². The zero-order valence-corrected chi connectivity index (χ0v) is 12.5. The molecule has 0 spiro atoms. The number of anilines is 1. The number of rotatable bonds is 8. The van der Waals surface area contributed by atoms with E-state index in [4.69, 9.17) is 22.2 Å². The number of nitrogen functional groups attached to an aromatic ring is 1. The maximum absolute atomic E-state index is 11.8. The summed E-state index contributed by atoms with van der Waals surface area (Å²) in [5, 5.41) is 3.09. The third-order valence-electron chi connectivity index (χ3n) is 2.44. The molecule has 20 heavy (non-hydrogen) atoms. The molecule has 0 fully saturated rings. The molecule has 0 saturated carbocycles. The van der Waals surface area contributed by atoms with Crippen LogP contribution in [0.1, 0.15) is 30.6 Å². The summed E-state index contributed by atoms with van der Waals surface area (Å²) in [6, 6.07) is 1.52. The first kappa shape index (κ1) is 16.7. The Balaban J connectivity index is 2.31. The van der Waals surface area contributed by atoms with Crippen molar-refractivity contribution in [1.82, 2.24) is 10.3 Å². The number of nitrogens with zero attached hydrogens (tertiary/aromatic N) is 1. The van der Waals surface area contributed by atoms with E-state index >= 15 is 0 Å². The fraction of sp³-hybridized carbons (Fsp3) is 0.538. The molecule has 0 aliphatic rings. The highest BCUT2D eigenvalue weighted by atomic mass is 35.5. The largest absolute Gasteiger partial charge is 0.381 e. The van der Waals surface area contributed by atoms with E-state index in [0.29, 0.717) is 35.5 Å². The Bertz CT molecular complexity index is 440. The first-order valence-corrected chi connectivity index (χ1v) is 6.90. The summed E-state index contributed by atoms with van der Waals surface area (Å²) in [5.74, 6) is 5.86. The van der Waals surface area contributed by atoms with Gasteiger partial charge in [0.2, 0.25) is 0 Å². The topological polar surface area (TPSA) is 89.3 Å². The van der Waals surface area contributed by atoms with Crippen molar-refractivity contribution >= 4 is 23.3 Å². The molecule has 0 aromatic carbocycles. The van der Waals surface area contributed by atoms with Crippen molar-refractivity contribution in [2.45, 2.75) is 20.3 Å². The number of amides is 1. The van der Waals surface area contributed by atoms with E-state index in [2.05, 4.69) is 29.6 Å². The number of hydrogen-bond acceptors (Lipinski definition) is 5. The van der Waals surface area contributed by atoms with Crippen LogP contribution in [0.4, 0.5) is 5.82 Å². The minimum Gasteiger partial charge on any atom is -0.381 e. The van der Waals surface area contributed by atoms with Gasteiger partial charge in [0.1, 0.15) is 0 Å². The molecule has 1 heterocycles. The summed E-state index contributed by atoms with van der Waals surface area (Å²) in [6.45, 7) is 6.11. The van der Waals surface area contributed by atoms with Crippen LogP contribution < -0.4 is 16.6 Å². The van der Waals surface area contributed by atoms with E-state index in [0.717, 1.165) is 13.0 Å². The van der Waals surface area contributed by atoms with Gasteiger partial charge in [-0.3, -0.25) is 4.79 Å². The standard InChI is InChI=1S/C13H21ClN4O2/c1-9(2)8-20-5-3-4-16-13(19)10-6-11(14)12(18-15)17-7-10/h6-7,9H,3-5,8,15H2,1-2H3,(H,16,19)(H,17,18). The number of pyridine rings is 1. The van der Waals surface area contributed by atoms with E-state index in [1.807, 2.05) is 0 Å². The Morgan fingerprint density at radius 2 is 2.30 bits per heavy atom. The van der Waals surface area contributed by atoms with Crippen LogP contribution in [0.2, 0.25) is 5.02 Å². The summed E-state index contributed by atoms with van der Waals surface area (Å²) in [7, 11) is 0. The van der Waals surface area contributed by atoms with Crippen LogP contribution in [0, 0.1) is 5.92 Å². The number of nitrogens with two attached hydrogens (primary N) is 1. The molecule has 0 radical (unpaired) electrons. The zero-order chi connectivity index (χ0) is 15.0. The molecule has 112 valence electrons. The fourth-order valence-electron chi connectivity index (χ4n) is 1.47. The molecule has 0 bridgehead atoms. The van der Waals surface area contributed by atoms with Crippen molar-refractivity contribution in [3.05, 3.63) is 22.8 Å². The SMILES string of the molecule is CC(C)COCCCNC(=O)c1cnc(NN)c(Cl)c1. The van der Waals surface area contributed by atoms with Gasteiger partial charge in [-0.2, -0.15) is 0 Å². The van der Waals surface area contributed by atoms with Crippen LogP contribution in [0.25, 0.3) is 0 Å². The first-order chi connectivity index (χ1) is 9.54. The lowest BCUT2D eigenvalue weighted by Crippen LogP contribution is -2.25.